The Balaban J connectivity index is 1.59. The Bertz CT molecular complexity index is 1600. The number of halogens is 3. The number of carbonyl (C=O) groups is 1. The number of fused-ring (bicyclic) bond motifs is 1. The smallest absolute Gasteiger partial charge is 0.416 e. The van der Waals surface area contributed by atoms with Crippen LogP contribution in [0.3, 0.4) is 0 Å². The Morgan fingerprint density at radius 2 is 1.67 bits per heavy atom. The molecule has 4 rings (SSSR count). The highest BCUT2D eigenvalue weighted by atomic mass is 19.4. The molecule has 8 nitrogen and oxygen atoms in total. The molecule has 2 heterocycles. The van der Waals surface area contributed by atoms with E-state index in [9.17, 15) is 18.0 Å². The first-order chi connectivity index (χ1) is 19.6. The normalized spacial score (nSPS) is 12.0. The number of likely N-dealkylation sites (N-methyl/N-ethyl adjacent to an activating group) is 1. The lowest BCUT2D eigenvalue weighted by atomic mass is 9.88. The number of alkyl halides is 3. The topological polar surface area (TPSA) is 105 Å². The summed E-state index contributed by atoms with van der Waals surface area (Å²) < 4.78 is 45.7. The molecular weight excluding hydrogens is 545 g/mol. The number of amides is 2. The average Bonchev–Trinajstić information content (AvgIpc) is 2.87. The van der Waals surface area contributed by atoms with Crippen molar-refractivity contribution < 1.29 is 22.7 Å². The number of pyridine rings is 2. The first kappa shape index (κ1) is 30.6. The summed E-state index contributed by atoms with van der Waals surface area (Å²) in [7, 11) is 3.70. The van der Waals surface area contributed by atoms with E-state index < -0.39 is 17.8 Å². The molecule has 0 spiro atoms. The Kier molecular flexibility index (Phi) is 8.63. The standard InChI is InChI=1S/C31H35F3N6O2/c1-18-15-24-27(28(35)36-18)22(17-26(38-24)30(2,3)4)19-7-10-21(11-8-19)37-29(41)39-23-16-20(31(32,33)34)9-12-25(23)42-14-13-40(5)6/h7-12,15-17H,13-14H2,1-6H3,(H2,35,36)(H2,37,39,41). The number of carbonyl (C=O) groups excluding carboxylic acids is 1. The summed E-state index contributed by atoms with van der Waals surface area (Å²) in [5.41, 5.74) is 9.65. The van der Waals surface area contributed by atoms with Crippen molar-refractivity contribution in [2.24, 2.45) is 0 Å². The Hall–Kier alpha value is -4.38. The predicted octanol–water partition coefficient (Wildman–Crippen LogP) is 7.09. The number of hydrogen-bond donors (Lipinski definition) is 3. The Labute approximate surface area is 243 Å². The van der Waals surface area contributed by atoms with Crippen LogP contribution in [-0.2, 0) is 11.6 Å². The van der Waals surface area contributed by atoms with E-state index in [0.717, 1.165) is 45.6 Å². The van der Waals surface area contributed by atoms with E-state index in [1.54, 1.807) is 12.1 Å². The van der Waals surface area contributed by atoms with Crippen molar-refractivity contribution >= 4 is 34.1 Å². The zero-order chi connectivity index (χ0) is 30.8. The van der Waals surface area contributed by atoms with Gasteiger partial charge in [-0.3, -0.25) is 4.98 Å². The summed E-state index contributed by atoms with van der Waals surface area (Å²) in [6.07, 6.45) is -4.58. The fourth-order valence-electron chi connectivity index (χ4n) is 4.31. The van der Waals surface area contributed by atoms with Gasteiger partial charge in [-0.05, 0) is 74.6 Å². The van der Waals surface area contributed by atoms with Gasteiger partial charge in [0.2, 0.25) is 0 Å². The number of benzene rings is 2. The third kappa shape index (κ3) is 7.27. The number of nitrogens with zero attached hydrogens (tertiary/aromatic N) is 3. The third-order valence-electron chi connectivity index (χ3n) is 6.52. The van der Waals surface area contributed by atoms with Gasteiger partial charge < -0.3 is 26.0 Å². The minimum absolute atomic E-state index is 0.0889. The van der Waals surface area contributed by atoms with Gasteiger partial charge in [0.15, 0.2) is 0 Å². The summed E-state index contributed by atoms with van der Waals surface area (Å²) in [4.78, 5) is 24.0. The van der Waals surface area contributed by atoms with E-state index in [-0.39, 0.29) is 23.5 Å². The molecule has 0 radical (unpaired) electrons. The summed E-state index contributed by atoms with van der Waals surface area (Å²) in [5, 5.41) is 5.91. The number of rotatable bonds is 7. The first-order valence-electron chi connectivity index (χ1n) is 13.4. The fraction of sp³-hybridized carbons (Fsp3) is 0.323. The van der Waals surface area contributed by atoms with E-state index in [1.165, 1.54) is 6.07 Å². The molecule has 4 aromatic rings. The van der Waals surface area contributed by atoms with Crippen LogP contribution in [0.5, 0.6) is 5.75 Å². The van der Waals surface area contributed by atoms with Crippen LogP contribution < -0.4 is 21.1 Å². The zero-order valence-corrected chi connectivity index (χ0v) is 24.5. The maximum atomic E-state index is 13.4. The highest BCUT2D eigenvalue weighted by Crippen LogP contribution is 2.37. The van der Waals surface area contributed by atoms with Crippen LogP contribution in [0, 0.1) is 6.92 Å². The number of aromatic nitrogens is 2. The number of urea groups is 1. The lowest BCUT2D eigenvalue weighted by Gasteiger charge is -2.21. The Morgan fingerprint density at radius 1 is 0.976 bits per heavy atom. The molecule has 2 aromatic carbocycles. The Morgan fingerprint density at radius 3 is 2.29 bits per heavy atom. The van der Waals surface area contributed by atoms with Crippen LogP contribution in [0.15, 0.2) is 54.6 Å². The third-order valence-corrected chi connectivity index (χ3v) is 6.52. The molecule has 222 valence electrons. The van der Waals surface area contributed by atoms with E-state index >= 15 is 0 Å². The van der Waals surface area contributed by atoms with Gasteiger partial charge in [-0.2, -0.15) is 13.2 Å². The van der Waals surface area contributed by atoms with Crippen LogP contribution in [0.1, 0.15) is 37.7 Å². The highest BCUT2D eigenvalue weighted by Gasteiger charge is 2.31. The molecule has 0 atom stereocenters. The lowest BCUT2D eigenvalue weighted by Crippen LogP contribution is -2.22. The van der Waals surface area contributed by atoms with E-state index in [2.05, 4.69) is 36.4 Å². The second-order valence-electron chi connectivity index (χ2n) is 11.4. The SMILES string of the molecule is Cc1cc2nc(C(C)(C)C)cc(-c3ccc(NC(=O)Nc4cc(C(F)(F)F)ccc4OCCN(C)C)cc3)c2c(N)n1. The molecule has 4 N–H and O–H groups in total. The average molecular weight is 581 g/mol. The van der Waals surface area contributed by atoms with E-state index in [4.69, 9.17) is 15.5 Å². The largest absolute Gasteiger partial charge is 0.490 e. The van der Waals surface area contributed by atoms with Crippen molar-refractivity contribution in [3.8, 4) is 16.9 Å². The second-order valence-corrected chi connectivity index (χ2v) is 11.4. The maximum absolute atomic E-state index is 13.4. The highest BCUT2D eigenvalue weighted by molar-refractivity contribution is 6.03. The van der Waals surface area contributed by atoms with Gasteiger partial charge in [0.05, 0.1) is 22.2 Å². The lowest BCUT2D eigenvalue weighted by molar-refractivity contribution is -0.137. The molecule has 0 fully saturated rings. The van der Waals surface area contributed by atoms with Gasteiger partial charge in [0, 0.05) is 29.0 Å². The predicted molar refractivity (Wildman–Crippen MR) is 161 cm³/mol. The minimum Gasteiger partial charge on any atom is -0.490 e. The molecule has 11 heteroatoms. The second kappa shape index (κ2) is 11.8. The number of hydrogen-bond acceptors (Lipinski definition) is 6. The molecule has 2 amide bonds. The number of anilines is 3. The van der Waals surface area contributed by atoms with Crippen LogP contribution >= 0.6 is 0 Å². The van der Waals surface area contributed by atoms with Crippen molar-refractivity contribution in [3.63, 3.8) is 0 Å². The van der Waals surface area contributed by atoms with Crippen molar-refractivity contribution in [1.29, 1.82) is 0 Å². The van der Waals surface area contributed by atoms with Gasteiger partial charge in [-0.25, -0.2) is 9.78 Å². The summed E-state index contributed by atoms with van der Waals surface area (Å²) in [6, 6.07) is 13.2. The fourth-order valence-corrected chi connectivity index (χ4v) is 4.31. The summed E-state index contributed by atoms with van der Waals surface area (Å²) in [5.74, 6) is 0.509. The van der Waals surface area contributed by atoms with Crippen LogP contribution in [0.4, 0.5) is 35.2 Å². The van der Waals surface area contributed by atoms with Crippen molar-refractivity contribution in [2.75, 3.05) is 43.6 Å². The number of nitrogens with two attached hydrogens (primary N) is 1. The number of ether oxygens (including phenoxy) is 1. The van der Waals surface area contributed by atoms with Crippen molar-refractivity contribution in [2.45, 2.75) is 39.3 Å². The molecule has 0 aliphatic rings. The zero-order valence-electron chi connectivity index (χ0n) is 24.5. The molecule has 0 saturated heterocycles. The number of aryl methyl sites for hydroxylation is 1. The maximum Gasteiger partial charge on any atom is 0.416 e. The van der Waals surface area contributed by atoms with Crippen LogP contribution in [-0.4, -0.2) is 48.1 Å². The number of nitrogen functional groups attached to an aromatic ring is 1. The van der Waals surface area contributed by atoms with E-state index in [0.29, 0.717) is 18.1 Å². The van der Waals surface area contributed by atoms with Crippen molar-refractivity contribution in [3.05, 3.63) is 71.5 Å². The van der Waals surface area contributed by atoms with Gasteiger partial charge in [-0.1, -0.05) is 32.9 Å². The van der Waals surface area contributed by atoms with Gasteiger partial charge in [0.1, 0.15) is 18.2 Å². The molecule has 42 heavy (non-hydrogen) atoms. The molecule has 2 aromatic heterocycles. The van der Waals surface area contributed by atoms with Gasteiger partial charge in [-0.15, -0.1) is 0 Å². The van der Waals surface area contributed by atoms with Gasteiger partial charge in [0.25, 0.3) is 0 Å². The summed E-state index contributed by atoms with van der Waals surface area (Å²) >= 11 is 0. The molecule has 0 bridgehead atoms. The van der Waals surface area contributed by atoms with Crippen LogP contribution in [0.2, 0.25) is 0 Å². The van der Waals surface area contributed by atoms with Crippen LogP contribution in [0.25, 0.3) is 22.0 Å². The number of nitrogens with one attached hydrogen (secondary N) is 2. The molecular formula is C31H35F3N6O2. The minimum atomic E-state index is -4.58. The molecule has 0 unspecified atom stereocenters. The van der Waals surface area contributed by atoms with E-state index in [1.807, 2.05) is 50.2 Å². The summed E-state index contributed by atoms with van der Waals surface area (Å²) in [6.45, 7) is 8.89. The van der Waals surface area contributed by atoms with Gasteiger partial charge >= 0.3 is 12.2 Å². The monoisotopic (exact) mass is 580 g/mol. The van der Waals surface area contributed by atoms with Crippen molar-refractivity contribution in [1.82, 2.24) is 14.9 Å². The first-order valence-corrected chi connectivity index (χ1v) is 13.4. The molecule has 0 aliphatic carbocycles. The molecule has 0 saturated carbocycles. The quantitative estimate of drug-likeness (QED) is 0.216. The molecule has 0 aliphatic heterocycles.